The van der Waals surface area contributed by atoms with E-state index in [4.69, 9.17) is 9.98 Å². The van der Waals surface area contributed by atoms with E-state index in [0.717, 1.165) is 50.2 Å². The summed E-state index contributed by atoms with van der Waals surface area (Å²) in [5, 5.41) is 0. The SMILES string of the molecule is C=C(N=C(N=C(C)c1ccccc1)c1ccc(-c2cc(-c3ccccc3)c(-c3ccccc3)c(-c3ccccc3)c2-c2ccccc2)cc1)c1ccccc1. The van der Waals surface area contributed by atoms with Gasteiger partial charge in [0.1, 0.15) is 0 Å². The minimum atomic E-state index is 0.611. The Kier molecular flexibility index (Phi) is 10.3. The Morgan fingerprint density at radius 1 is 0.345 bits per heavy atom. The van der Waals surface area contributed by atoms with Gasteiger partial charge < -0.3 is 0 Å². The molecule has 0 bridgehead atoms. The van der Waals surface area contributed by atoms with Crippen LogP contribution in [-0.4, -0.2) is 11.5 Å². The highest BCUT2D eigenvalue weighted by atomic mass is 14.9. The highest BCUT2D eigenvalue weighted by Crippen LogP contribution is 2.50. The number of benzene rings is 8. The summed E-state index contributed by atoms with van der Waals surface area (Å²) >= 11 is 0. The smallest absolute Gasteiger partial charge is 0.160 e. The van der Waals surface area contributed by atoms with Crippen LogP contribution in [0.15, 0.2) is 229 Å². The molecule has 2 heteroatoms. The van der Waals surface area contributed by atoms with Gasteiger partial charge in [0, 0.05) is 11.3 Å². The van der Waals surface area contributed by atoms with Crippen molar-refractivity contribution in [2.45, 2.75) is 6.92 Å². The molecular weight excluding hydrogens is 665 g/mol. The van der Waals surface area contributed by atoms with Gasteiger partial charge in [-0.25, -0.2) is 9.98 Å². The quantitative estimate of drug-likeness (QED) is 0.106. The van der Waals surface area contributed by atoms with Crippen LogP contribution in [0, 0.1) is 0 Å². The van der Waals surface area contributed by atoms with Crippen LogP contribution in [0.5, 0.6) is 0 Å². The molecule has 0 saturated heterocycles. The second-order valence-corrected chi connectivity index (χ2v) is 13.4. The molecule has 8 rings (SSSR count). The Bertz CT molecular complexity index is 2590. The van der Waals surface area contributed by atoms with Gasteiger partial charge in [-0.15, -0.1) is 0 Å². The number of amidine groups is 1. The number of hydrogen-bond donors (Lipinski definition) is 0. The number of aliphatic imine (C=N–C) groups is 2. The molecule has 0 saturated carbocycles. The van der Waals surface area contributed by atoms with E-state index in [1.165, 1.54) is 27.8 Å². The van der Waals surface area contributed by atoms with Gasteiger partial charge in [0.25, 0.3) is 0 Å². The van der Waals surface area contributed by atoms with Crippen molar-refractivity contribution in [3.8, 4) is 55.6 Å². The molecule has 0 heterocycles. The zero-order chi connectivity index (χ0) is 37.4. The van der Waals surface area contributed by atoms with Gasteiger partial charge >= 0.3 is 0 Å². The normalized spacial score (nSPS) is 11.7. The molecular formula is C53H40N2. The molecule has 0 aliphatic carbocycles. The summed E-state index contributed by atoms with van der Waals surface area (Å²) in [4.78, 5) is 10.1. The molecule has 8 aromatic rings. The Morgan fingerprint density at radius 3 is 1.16 bits per heavy atom. The van der Waals surface area contributed by atoms with Gasteiger partial charge in [0.05, 0.1) is 5.70 Å². The first-order chi connectivity index (χ1) is 27.1. The maximum absolute atomic E-state index is 5.11. The van der Waals surface area contributed by atoms with Crippen molar-refractivity contribution >= 4 is 17.2 Å². The van der Waals surface area contributed by atoms with Gasteiger partial charge in [-0.2, -0.15) is 0 Å². The van der Waals surface area contributed by atoms with Crippen molar-refractivity contribution in [3.63, 3.8) is 0 Å². The van der Waals surface area contributed by atoms with Crippen LogP contribution in [-0.2, 0) is 0 Å². The van der Waals surface area contributed by atoms with Gasteiger partial charge in [0.2, 0.25) is 0 Å². The van der Waals surface area contributed by atoms with E-state index in [2.05, 4.69) is 170 Å². The highest BCUT2D eigenvalue weighted by Gasteiger charge is 2.23. The molecule has 0 aliphatic heterocycles. The molecule has 0 N–H and O–H groups in total. The predicted molar refractivity (Wildman–Crippen MR) is 234 cm³/mol. The molecule has 0 radical (unpaired) electrons. The molecule has 0 fully saturated rings. The first-order valence-corrected chi connectivity index (χ1v) is 18.6. The fourth-order valence-electron chi connectivity index (χ4n) is 7.14. The molecule has 0 spiro atoms. The topological polar surface area (TPSA) is 24.7 Å². The lowest BCUT2D eigenvalue weighted by Gasteiger charge is -2.24. The van der Waals surface area contributed by atoms with E-state index in [9.17, 15) is 0 Å². The summed E-state index contributed by atoms with van der Waals surface area (Å²) in [6.07, 6.45) is 0. The zero-order valence-corrected chi connectivity index (χ0v) is 30.8. The second-order valence-electron chi connectivity index (χ2n) is 13.4. The first kappa shape index (κ1) is 34.9. The van der Waals surface area contributed by atoms with Gasteiger partial charge in [0.15, 0.2) is 5.84 Å². The summed E-state index contributed by atoms with van der Waals surface area (Å²) < 4.78 is 0. The van der Waals surface area contributed by atoms with Crippen molar-refractivity contribution in [2.75, 3.05) is 0 Å². The maximum atomic E-state index is 5.11. The standard InChI is InChI=1S/C53H40N2/c1-38(40-21-9-3-10-22-40)54-53(55-39(2)41-23-11-4-12-24-41)47-35-33-43(34-36-47)49-37-48(42-25-13-5-14-26-42)50(44-27-15-6-16-28-44)52(46-31-19-8-20-32-46)51(49)45-29-17-7-18-30-45/h3-37H,1H2,2H3. The van der Waals surface area contributed by atoms with E-state index in [0.29, 0.717) is 11.5 Å². The minimum absolute atomic E-state index is 0.611. The average Bonchev–Trinajstić information content (AvgIpc) is 3.27. The molecule has 8 aromatic carbocycles. The largest absolute Gasteiger partial charge is 0.233 e. The molecule has 262 valence electrons. The minimum Gasteiger partial charge on any atom is -0.233 e. The van der Waals surface area contributed by atoms with Crippen LogP contribution in [0.4, 0.5) is 0 Å². The van der Waals surface area contributed by atoms with E-state index >= 15 is 0 Å². The molecule has 0 unspecified atom stereocenters. The molecule has 0 atom stereocenters. The summed E-state index contributed by atoms with van der Waals surface area (Å²) in [6.45, 7) is 6.36. The number of nitrogens with zero attached hydrogens (tertiary/aromatic N) is 2. The summed E-state index contributed by atoms with van der Waals surface area (Å²) in [5.41, 5.74) is 16.1. The third-order valence-corrected chi connectivity index (χ3v) is 9.87. The van der Waals surface area contributed by atoms with Crippen LogP contribution in [0.25, 0.3) is 61.3 Å². The molecule has 0 aliphatic rings. The van der Waals surface area contributed by atoms with E-state index < -0.39 is 0 Å². The van der Waals surface area contributed by atoms with Crippen LogP contribution in [0.1, 0.15) is 23.6 Å². The van der Waals surface area contributed by atoms with Gasteiger partial charge in [-0.1, -0.05) is 213 Å². The lowest BCUT2D eigenvalue weighted by atomic mass is 9.79. The Labute approximate surface area is 324 Å². The average molecular weight is 705 g/mol. The second kappa shape index (κ2) is 16.2. The van der Waals surface area contributed by atoms with E-state index in [1.807, 2.05) is 55.5 Å². The van der Waals surface area contributed by atoms with Crippen LogP contribution in [0.3, 0.4) is 0 Å². The lowest BCUT2D eigenvalue weighted by Crippen LogP contribution is -2.04. The third kappa shape index (κ3) is 7.67. The fourth-order valence-corrected chi connectivity index (χ4v) is 7.14. The fraction of sp³-hybridized carbons (Fsp3) is 0.0189. The van der Waals surface area contributed by atoms with Crippen molar-refractivity contribution < 1.29 is 0 Å². The molecule has 0 amide bonds. The van der Waals surface area contributed by atoms with E-state index in [-0.39, 0.29) is 0 Å². The summed E-state index contributed by atoms with van der Waals surface area (Å²) in [6, 6.07) is 74.4. The third-order valence-electron chi connectivity index (χ3n) is 9.87. The highest BCUT2D eigenvalue weighted by molar-refractivity contribution is 6.13. The Morgan fingerprint density at radius 2 is 0.709 bits per heavy atom. The predicted octanol–water partition coefficient (Wildman–Crippen LogP) is 13.9. The molecule has 0 aromatic heterocycles. The maximum Gasteiger partial charge on any atom is 0.160 e. The van der Waals surface area contributed by atoms with Crippen molar-refractivity contribution in [2.24, 2.45) is 9.98 Å². The van der Waals surface area contributed by atoms with Gasteiger partial charge in [-0.3, -0.25) is 0 Å². The summed E-state index contributed by atoms with van der Waals surface area (Å²) in [7, 11) is 0. The monoisotopic (exact) mass is 704 g/mol. The van der Waals surface area contributed by atoms with Crippen molar-refractivity contribution in [1.29, 1.82) is 0 Å². The van der Waals surface area contributed by atoms with Gasteiger partial charge in [-0.05, 0) is 79.8 Å². The van der Waals surface area contributed by atoms with Crippen LogP contribution >= 0.6 is 0 Å². The molecule has 55 heavy (non-hydrogen) atoms. The van der Waals surface area contributed by atoms with E-state index in [1.54, 1.807) is 0 Å². The van der Waals surface area contributed by atoms with Crippen molar-refractivity contribution in [3.05, 3.63) is 236 Å². The zero-order valence-electron chi connectivity index (χ0n) is 30.8. The first-order valence-electron chi connectivity index (χ1n) is 18.6. The Balaban J connectivity index is 1.37. The molecule has 2 nitrogen and oxygen atoms in total. The summed E-state index contributed by atoms with van der Waals surface area (Å²) in [5.74, 6) is 0.611. The van der Waals surface area contributed by atoms with Crippen LogP contribution in [0.2, 0.25) is 0 Å². The lowest BCUT2D eigenvalue weighted by molar-refractivity contribution is 1.44. The van der Waals surface area contributed by atoms with Crippen molar-refractivity contribution in [1.82, 2.24) is 0 Å². The number of rotatable bonds is 9. The number of hydrogen-bond acceptors (Lipinski definition) is 1. The van der Waals surface area contributed by atoms with Crippen LogP contribution < -0.4 is 0 Å². The Hall–Kier alpha value is -7.16.